The van der Waals surface area contributed by atoms with Gasteiger partial charge in [-0.05, 0) is 49.2 Å². The number of hydrogen-bond donors (Lipinski definition) is 0. The lowest BCUT2D eigenvalue weighted by molar-refractivity contribution is 0.0504. The molecular formula is C17H16BrF2NO3. The van der Waals surface area contributed by atoms with E-state index in [-0.39, 0.29) is 18.4 Å². The molecule has 128 valence electrons. The number of hydrogen-bond acceptors (Lipinski definition) is 3. The molecule has 0 aliphatic heterocycles. The average molecular weight is 400 g/mol. The van der Waals surface area contributed by atoms with Gasteiger partial charge in [0.1, 0.15) is 18.1 Å². The first kappa shape index (κ1) is 17.0. The van der Waals surface area contributed by atoms with Crippen LogP contribution in [0.2, 0.25) is 0 Å². The predicted octanol–water partition coefficient (Wildman–Crippen LogP) is 4.49. The maximum atomic E-state index is 12.6. The average Bonchev–Trinajstić information content (AvgIpc) is 3.29. The van der Waals surface area contributed by atoms with Crippen LogP contribution < -0.4 is 4.74 Å². The quantitative estimate of drug-likeness (QED) is 0.688. The molecule has 0 N–H and O–H groups in total. The van der Waals surface area contributed by atoms with E-state index < -0.39 is 18.9 Å². The van der Waals surface area contributed by atoms with Gasteiger partial charge in [0.2, 0.25) is 0 Å². The molecule has 0 bridgehead atoms. The van der Waals surface area contributed by atoms with Crippen LogP contribution in [0.25, 0.3) is 0 Å². The van der Waals surface area contributed by atoms with Gasteiger partial charge in [-0.2, -0.15) is 0 Å². The molecule has 1 fully saturated rings. The lowest BCUT2D eigenvalue weighted by Crippen LogP contribution is -2.36. The fourth-order valence-corrected chi connectivity index (χ4v) is 2.59. The van der Waals surface area contributed by atoms with E-state index >= 15 is 0 Å². The van der Waals surface area contributed by atoms with Gasteiger partial charge in [-0.15, -0.1) is 0 Å². The second-order valence-electron chi connectivity index (χ2n) is 5.59. The fourth-order valence-electron chi connectivity index (χ4n) is 2.33. The molecule has 0 saturated heterocycles. The van der Waals surface area contributed by atoms with E-state index in [4.69, 9.17) is 9.15 Å². The van der Waals surface area contributed by atoms with Crippen molar-refractivity contribution >= 4 is 21.8 Å². The number of halogens is 3. The molecule has 1 aliphatic carbocycles. The van der Waals surface area contributed by atoms with Crippen LogP contribution in [-0.2, 0) is 6.61 Å². The maximum absolute atomic E-state index is 12.6. The van der Waals surface area contributed by atoms with Gasteiger partial charge in [-0.25, -0.2) is 8.78 Å². The molecule has 1 heterocycles. The van der Waals surface area contributed by atoms with Crippen molar-refractivity contribution < 1.29 is 22.7 Å². The molecule has 0 unspecified atom stereocenters. The first-order valence-electron chi connectivity index (χ1n) is 7.59. The van der Waals surface area contributed by atoms with Crippen LogP contribution in [0.3, 0.4) is 0 Å². The molecule has 24 heavy (non-hydrogen) atoms. The van der Waals surface area contributed by atoms with Gasteiger partial charge in [-0.1, -0.05) is 15.9 Å². The van der Waals surface area contributed by atoms with Gasteiger partial charge >= 0.3 is 0 Å². The SMILES string of the molecule is O=C(c1ccc(COc2ccc(Br)cc2)o1)N(CC(F)F)C1CC1. The Labute approximate surface area is 146 Å². The first-order chi connectivity index (χ1) is 11.5. The normalized spacial score (nSPS) is 14.0. The van der Waals surface area contributed by atoms with Crippen molar-refractivity contribution in [2.45, 2.75) is 31.9 Å². The zero-order valence-corrected chi connectivity index (χ0v) is 14.3. The third kappa shape index (κ3) is 4.35. The molecule has 1 amide bonds. The molecule has 2 aromatic rings. The van der Waals surface area contributed by atoms with Crippen LogP contribution in [0.15, 0.2) is 45.3 Å². The Balaban J connectivity index is 1.61. The van der Waals surface area contributed by atoms with Crippen LogP contribution >= 0.6 is 15.9 Å². The van der Waals surface area contributed by atoms with Crippen LogP contribution in [-0.4, -0.2) is 29.8 Å². The van der Waals surface area contributed by atoms with E-state index in [1.54, 1.807) is 18.2 Å². The topological polar surface area (TPSA) is 42.7 Å². The Bertz CT molecular complexity index is 698. The van der Waals surface area contributed by atoms with Crippen LogP contribution in [0.1, 0.15) is 29.2 Å². The molecule has 1 aromatic carbocycles. The highest BCUT2D eigenvalue weighted by Gasteiger charge is 2.35. The molecule has 1 saturated carbocycles. The Morgan fingerprint density at radius 3 is 2.58 bits per heavy atom. The van der Waals surface area contributed by atoms with Crippen molar-refractivity contribution in [2.75, 3.05) is 6.54 Å². The summed E-state index contributed by atoms with van der Waals surface area (Å²) in [5.74, 6) is 0.707. The molecular weight excluding hydrogens is 384 g/mol. The molecule has 4 nitrogen and oxygen atoms in total. The minimum atomic E-state index is -2.55. The number of carbonyl (C=O) groups excluding carboxylic acids is 1. The van der Waals surface area contributed by atoms with E-state index in [9.17, 15) is 13.6 Å². The van der Waals surface area contributed by atoms with Crippen molar-refractivity contribution in [1.29, 1.82) is 0 Å². The summed E-state index contributed by atoms with van der Waals surface area (Å²) < 4.78 is 37.3. The van der Waals surface area contributed by atoms with Crippen molar-refractivity contribution in [2.24, 2.45) is 0 Å². The number of carbonyl (C=O) groups is 1. The number of furan rings is 1. The van der Waals surface area contributed by atoms with Gasteiger partial charge in [0.05, 0.1) is 6.54 Å². The van der Waals surface area contributed by atoms with Gasteiger partial charge in [0, 0.05) is 10.5 Å². The van der Waals surface area contributed by atoms with Crippen molar-refractivity contribution in [3.63, 3.8) is 0 Å². The lowest BCUT2D eigenvalue weighted by Gasteiger charge is -2.20. The van der Waals surface area contributed by atoms with Crippen molar-refractivity contribution in [3.8, 4) is 5.75 Å². The zero-order chi connectivity index (χ0) is 17.1. The fraction of sp³-hybridized carbons (Fsp3) is 0.353. The number of nitrogens with zero attached hydrogens (tertiary/aromatic N) is 1. The lowest BCUT2D eigenvalue weighted by atomic mass is 10.3. The van der Waals surface area contributed by atoms with Gasteiger partial charge in [0.25, 0.3) is 12.3 Å². The van der Waals surface area contributed by atoms with E-state index in [1.807, 2.05) is 12.1 Å². The Morgan fingerprint density at radius 1 is 1.25 bits per heavy atom. The zero-order valence-electron chi connectivity index (χ0n) is 12.8. The second kappa shape index (κ2) is 7.34. The van der Waals surface area contributed by atoms with Gasteiger partial charge < -0.3 is 14.1 Å². The van der Waals surface area contributed by atoms with Crippen LogP contribution in [0.4, 0.5) is 8.78 Å². The number of rotatable bonds is 7. The molecule has 0 radical (unpaired) electrons. The van der Waals surface area contributed by atoms with E-state index in [0.717, 1.165) is 17.3 Å². The second-order valence-corrected chi connectivity index (χ2v) is 6.50. The van der Waals surface area contributed by atoms with E-state index in [2.05, 4.69) is 15.9 Å². The van der Waals surface area contributed by atoms with E-state index in [0.29, 0.717) is 11.5 Å². The summed E-state index contributed by atoms with van der Waals surface area (Å²) in [5.41, 5.74) is 0. The number of ether oxygens (including phenoxy) is 1. The summed E-state index contributed by atoms with van der Waals surface area (Å²) in [4.78, 5) is 13.5. The monoisotopic (exact) mass is 399 g/mol. The molecule has 1 aromatic heterocycles. The highest BCUT2D eigenvalue weighted by Crippen LogP contribution is 2.29. The number of alkyl halides is 2. The standard InChI is InChI=1S/C17H16BrF2NO3/c18-11-1-5-13(6-2-11)23-10-14-7-8-15(24-14)17(22)21(9-16(19)20)12-3-4-12/h1-2,5-8,12,16H,3-4,9-10H2. The van der Waals surface area contributed by atoms with Crippen molar-refractivity contribution in [3.05, 3.63) is 52.4 Å². The summed E-state index contributed by atoms with van der Waals surface area (Å²) in [7, 11) is 0. The molecule has 1 aliphatic rings. The third-order valence-corrected chi connectivity index (χ3v) is 4.18. The minimum Gasteiger partial charge on any atom is -0.486 e. The molecule has 3 rings (SSSR count). The maximum Gasteiger partial charge on any atom is 0.290 e. The highest BCUT2D eigenvalue weighted by molar-refractivity contribution is 9.10. The van der Waals surface area contributed by atoms with Crippen molar-refractivity contribution in [1.82, 2.24) is 4.90 Å². The van der Waals surface area contributed by atoms with E-state index in [1.165, 1.54) is 11.0 Å². The Kier molecular flexibility index (Phi) is 5.18. The van der Waals surface area contributed by atoms with Crippen LogP contribution in [0.5, 0.6) is 5.75 Å². The predicted molar refractivity (Wildman–Crippen MR) is 87.2 cm³/mol. The number of amides is 1. The summed E-state index contributed by atoms with van der Waals surface area (Å²) in [5, 5.41) is 0. The van der Waals surface area contributed by atoms with Gasteiger partial charge in [0.15, 0.2) is 5.76 Å². The minimum absolute atomic E-state index is 0.0666. The summed E-state index contributed by atoms with van der Waals surface area (Å²) in [6.07, 6.45) is -1.03. The third-order valence-electron chi connectivity index (χ3n) is 3.65. The Hall–Kier alpha value is -1.89. The molecule has 7 heteroatoms. The summed E-state index contributed by atoms with van der Waals surface area (Å²) in [6.45, 7) is -0.401. The smallest absolute Gasteiger partial charge is 0.290 e. The first-order valence-corrected chi connectivity index (χ1v) is 8.38. The molecule has 0 atom stereocenters. The largest absolute Gasteiger partial charge is 0.486 e. The summed E-state index contributed by atoms with van der Waals surface area (Å²) in [6, 6.07) is 10.3. The summed E-state index contributed by atoms with van der Waals surface area (Å²) >= 11 is 3.34. The van der Waals surface area contributed by atoms with Gasteiger partial charge in [-0.3, -0.25) is 4.79 Å². The van der Waals surface area contributed by atoms with Crippen LogP contribution in [0, 0.1) is 0 Å². The molecule has 0 spiro atoms. The number of benzene rings is 1. The highest BCUT2D eigenvalue weighted by atomic mass is 79.9. The Morgan fingerprint density at radius 2 is 1.96 bits per heavy atom.